The first-order valence-electron chi connectivity index (χ1n) is 5.32. The van der Waals surface area contributed by atoms with E-state index in [0.29, 0.717) is 11.1 Å². The summed E-state index contributed by atoms with van der Waals surface area (Å²) in [4.78, 5) is 11.7. The molecule has 6 heteroatoms. The summed E-state index contributed by atoms with van der Waals surface area (Å²) in [6, 6.07) is 6.50. The van der Waals surface area contributed by atoms with Gasteiger partial charge in [0, 0.05) is 17.5 Å². The van der Waals surface area contributed by atoms with Crippen molar-refractivity contribution in [2.75, 3.05) is 0 Å². The molecule has 1 aromatic rings. The van der Waals surface area contributed by atoms with Gasteiger partial charge in [-0.2, -0.15) is 8.42 Å². The fourth-order valence-electron chi connectivity index (χ4n) is 2.70. The molecule has 1 aliphatic carbocycles. The number of halogens is 1. The fraction of sp³-hybridized carbons (Fsp3) is 0.364. The molecule has 0 saturated heterocycles. The highest BCUT2D eigenvalue weighted by Crippen LogP contribution is 2.45. The van der Waals surface area contributed by atoms with Crippen LogP contribution in [0.5, 0.6) is 0 Å². The van der Waals surface area contributed by atoms with Gasteiger partial charge in [0.05, 0.1) is 0 Å². The standard InChI is InChI=1S/C11H10FNO3S/c12-17(15,16)9-5-8-10(9)6-3-1-2-4-7(6)11(14)13-8/h1-4,8-10H,5H2,(H,13,14)/t8-,9-,10-/m1/s1. The number of nitrogens with one attached hydrogen (secondary N) is 1. The average molecular weight is 255 g/mol. The van der Waals surface area contributed by atoms with Crippen molar-refractivity contribution in [2.45, 2.75) is 23.6 Å². The largest absolute Gasteiger partial charge is 0.349 e. The van der Waals surface area contributed by atoms with Crippen molar-refractivity contribution in [1.82, 2.24) is 5.32 Å². The minimum atomic E-state index is -4.55. The minimum Gasteiger partial charge on any atom is -0.349 e. The van der Waals surface area contributed by atoms with E-state index >= 15 is 0 Å². The fourth-order valence-corrected chi connectivity index (χ4v) is 3.83. The van der Waals surface area contributed by atoms with Crippen LogP contribution in [0.1, 0.15) is 28.3 Å². The number of hydrogen-bond donors (Lipinski definition) is 1. The Morgan fingerprint density at radius 3 is 2.71 bits per heavy atom. The van der Waals surface area contributed by atoms with Crippen LogP contribution in [0, 0.1) is 0 Å². The van der Waals surface area contributed by atoms with Crippen molar-refractivity contribution in [3.63, 3.8) is 0 Å². The van der Waals surface area contributed by atoms with E-state index in [1.807, 2.05) is 0 Å². The zero-order valence-electron chi connectivity index (χ0n) is 8.76. The van der Waals surface area contributed by atoms with E-state index in [4.69, 9.17) is 0 Å². The van der Waals surface area contributed by atoms with Crippen LogP contribution in [0.3, 0.4) is 0 Å². The van der Waals surface area contributed by atoms with Gasteiger partial charge in [-0.25, -0.2) is 0 Å². The lowest BCUT2D eigenvalue weighted by molar-refractivity contribution is 0.0879. The van der Waals surface area contributed by atoms with Crippen molar-refractivity contribution in [3.05, 3.63) is 35.4 Å². The second-order valence-electron chi connectivity index (χ2n) is 4.44. The smallest absolute Gasteiger partial charge is 0.306 e. The lowest BCUT2D eigenvalue weighted by atomic mass is 9.70. The van der Waals surface area contributed by atoms with Crippen LogP contribution in [-0.4, -0.2) is 25.6 Å². The Morgan fingerprint density at radius 2 is 2.00 bits per heavy atom. The van der Waals surface area contributed by atoms with E-state index < -0.39 is 21.4 Å². The number of carbonyl (C=O) groups excluding carboxylic acids is 1. The van der Waals surface area contributed by atoms with Crippen LogP contribution in [-0.2, 0) is 10.2 Å². The van der Waals surface area contributed by atoms with Gasteiger partial charge in [0.25, 0.3) is 5.91 Å². The number of carbonyl (C=O) groups is 1. The molecule has 1 fully saturated rings. The van der Waals surface area contributed by atoms with Gasteiger partial charge >= 0.3 is 10.2 Å². The molecule has 1 N–H and O–H groups in total. The predicted molar refractivity (Wildman–Crippen MR) is 58.9 cm³/mol. The van der Waals surface area contributed by atoms with E-state index in [0.717, 1.165) is 0 Å². The molecule has 0 unspecified atom stereocenters. The average Bonchev–Trinajstić information content (AvgIpc) is 2.21. The molecule has 1 aromatic carbocycles. The summed E-state index contributed by atoms with van der Waals surface area (Å²) < 4.78 is 35.0. The van der Waals surface area contributed by atoms with Gasteiger partial charge in [-0.05, 0) is 18.1 Å². The number of hydrogen-bond acceptors (Lipinski definition) is 3. The molecule has 0 bridgehead atoms. The Labute approximate surface area is 98.0 Å². The first-order chi connectivity index (χ1) is 7.98. The molecule has 1 amide bonds. The maximum absolute atomic E-state index is 13.1. The zero-order chi connectivity index (χ0) is 12.2. The molecular formula is C11H10FNO3S. The summed E-state index contributed by atoms with van der Waals surface area (Å²) in [5.41, 5.74) is 1.08. The Bertz CT molecular complexity index is 598. The van der Waals surface area contributed by atoms with Crippen molar-refractivity contribution >= 4 is 16.1 Å². The van der Waals surface area contributed by atoms with Crippen LogP contribution in [0.2, 0.25) is 0 Å². The Kier molecular flexibility index (Phi) is 2.07. The van der Waals surface area contributed by atoms with Crippen LogP contribution in [0.4, 0.5) is 3.89 Å². The van der Waals surface area contributed by atoms with E-state index in [1.165, 1.54) is 0 Å². The maximum atomic E-state index is 13.1. The molecule has 0 radical (unpaired) electrons. The molecule has 90 valence electrons. The lowest BCUT2D eigenvalue weighted by Gasteiger charge is -2.46. The molecule has 3 rings (SSSR count). The van der Waals surface area contributed by atoms with Gasteiger partial charge in [0.2, 0.25) is 0 Å². The van der Waals surface area contributed by atoms with Gasteiger partial charge in [-0.3, -0.25) is 4.79 Å². The first kappa shape index (κ1) is 10.7. The summed E-state index contributed by atoms with van der Waals surface area (Å²) in [7, 11) is -4.55. The third kappa shape index (κ3) is 1.47. The molecule has 0 aromatic heterocycles. The van der Waals surface area contributed by atoms with E-state index in [9.17, 15) is 17.1 Å². The van der Waals surface area contributed by atoms with Gasteiger partial charge in [0.15, 0.2) is 0 Å². The Balaban J connectivity index is 2.09. The SMILES string of the molecule is O=C1N[C@@H]2C[C@@H](S(=O)(=O)F)[C@@H]2c2ccccc21. The molecular weight excluding hydrogens is 245 g/mol. The topological polar surface area (TPSA) is 63.2 Å². The molecule has 17 heavy (non-hydrogen) atoms. The highest BCUT2D eigenvalue weighted by atomic mass is 32.3. The maximum Gasteiger partial charge on any atom is 0.306 e. The second kappa shape index (κ2) is 3.29. The lowest BCUT2D eigenvalue weighted by Crippen LogP contribution is -2.58. The number of fused-ring (bicyclic) bond motifs is 3. The molecule has 1 aliphatic heterocycles. The van der Waals surface area contributed by atoms with E-state index in [1.54, 1.807) is 24.3 Å². The number of benzene rings is 1. The third-order valence-corrected chi connectivity index (χ3v) is 4.77. The quantitative estimate of drug-likeness (QED) is 0.760. The monoisotopic (exact) mass is 255 g/mol. The molecule has 2 aliphatic rings. The molecule has 0 spiro atoms. The summed E-state index contributed by atoms with van der Waals surface area (Å²) in [5, 5.41) is 1.68. The van der Waals surface area contributed by atoms with Gasteiger partial charge in [0.1, 0.15) is 5.25 Å². The normalized spacial score (nSPS) is 30.9. The van der Waals surface area contributed by atoms with Crippen molar-refractivity contribution in [3.8, 4) is 0 Å². The molecule has 1 heterocycles. The van der Waals surface area contributed by atoms with Crippen molar-refractivity contribution < 1.29 is 17.1 Å². The van der Waals surface area contributed by atoms with Crippen LogP contribution in [0.25, 0.3) is 0 Å². The molecule has 1 saturated carbocycles. The number of amides is 1. The summed E-state index contributed by atoms with van der Waals surface area (Å²) in [6.07, 6.45) is 0.156. The van der Waals surface area contributed by atoms with E-state index in [-0.39, 0.29) is 18.4 Å². The second-order valence-corrected chi connectivity index (χ2v) is 6.00. The van der Waals surface area contributed by atoms with Crippen molar-refractivity contribution in [1.29, 1.82) is 0 Å². The highest BCUT2D eigenvalue weighted by Gasteiger charge is 2.53. The van der Waals surface area contributed by atoms with Crippen LogP contribution >= 0.6 is 0 Å². The van der Waals surface area contributed by atoms with Crippen LogP contribution < -0.4 is 5.32 Å². The summed E-state index contributed by atoms with van der Waals surface area (Å²) in [6.45, 7) is 0. The molecule has 3 atom stereocenters. The van der Waals surface area contributed by atoms with Crippen LogP contribution in [0.15, 0.2) is 24.3 Å². The Hall–Kier alpha value is -1.43. The van der Waals surface area contributed by atoms with E-state index in [2.05, 4.69) is 5.32 Å². The van der Waals surface area contributed by atoms with Gasteiger partial charge in [-0.15, -0.1) is 3.89 Å². The third-order valence-electron chi connectivity index (χ3n) is 3.56. The summed E-state index contributed by atoms with van der Waals surface area (Å²) in [5.74, 6) is -0.657. The minimum absolute atomic E-state index is 0.156. The molecule has 4 nitrogen and oxygen atoms in total. The number of rotatable bonds is 1. The predicted octanol–water partition coefficient (Wildman–Crippen LogP) is 0.954. The first-order valence-corrected chi connectivity index (χ1v) is 6.76. The van der Waals surface area contributed by atoms with Gasteiger partial charge < -0.3 is 5.32 Å². The zero-order valence-corrected chi connectivity index (χ0v) is 9.58. The van der Waals surface area contributed by atoms with Crippen molar-refractivity contribution in [2.24, 2.45) is 0 Å². The summed E-state index contributed by atoms with van der Waals surface area (Å²) >= 11 is 0. The Morgan fingerprint density at radius 1 is 1.29 bits per heavy atom. The van der Waals surface area contributed by atoms with Gasteiger partial charge in [-0.1, -0.05) is 18.2 Å². The highest BCUT2D eigenvalue weighted by molar-refractivity contribution is 7.87.